The summed E-state index contributed by atoms with van der Waals surface area (Å²) in [6.45, 7) is 2.38. The predicted molar refractivity (Wildman–Crippen MR) is 77.8 cm³/mol. The van der Waals surface area contributed by atoms with Crippen molar-refractivity contribution < 1.29 is 14.4 Å². The number of rotatable bonds is 2. The van der Waals surface area contributed by atoms with Crippen LogP contribution in [0, 0.1) is 0 Å². The van der Waals surface area contributed by atoms with Crippen LogP contribution in [0.15, 0.2) is 5.38 Å². The molecule has 1 unspecified atom stereocenters. The molecule has 1 fully saturated rings. The molecule has 106 valence electrons. The van der Waals surface area contributed by atoms with Crippen LogP contribution in [-0.4, -0.2) is 45.0 Å². The van der Waals surface area contributed by atoms with Gasteiger partial charge in [0.25, 0.3) is 0 Å². The van der Waals surface area contributed by atoms with E-state index in [0.29, 0.717) is 25.8 Å². The summed E-state index contributed by atoms with van der Waals surface area (Å²) in [5.74, 6) is -0.660. The molecular formula is C13H15AsN2O3S. The maximum atomic E-state index is 12.6. The molecule has 20 heavy (non-hydrogen) atoms. The van der Waals surface area contributed by atoms with Crippen molar-refractivity contribution >= 4 is 49.6 Å². The van der Waals surface area contributed by atoms with Gasteiger partial charge in [-0.2, -0.15) is 0 Å². The molecular weight excluding hydrogens is 339 g/mol. The molecule has 2 aliphatic rings. The van der Waals surface area contributed by atoms with Crippen molar-refractivity contribution in [1.29, 1.82) is 0 Å². The summed E-state index contributed by atoms with van der Waals surface area (Å²) in [6.07, 6.45) is 1.23. The van der Waals surface area contributed by atoms with Crippen molar-refractivity contribution in [2.75, 3.05) is 0 Å². The third-order valence-electron chi connectivity index (χ3n) is 4.26. The molecule has 0 aliphatic carbocycles. The minimum atomic E-state index is -0.874. The van der Waals surface area contributed by atoms with Gasteiger partial charge in [0.15, 0.2) is 0 Å². The van der Waals surface area contributed by atoms with Crippen molar-refractivity contribution in [3.8, 4) is 0 Å². The SMILES string of the molecule is CC[C@@]1(N2Cc3c(csc3[AsH2])C2=O)CCC(=O)NC1=O. The van der Waals surface area contributed by atoms with Crippen LogP contribution in [0.25, 0.3) is 0 Å². The zero-order valence-corrected chi connectivity index (χ0v) is 14.3. The third kappa shape index (κ3) is 1.78. The molecule has 0 spiro atoms. The minimum absolute atomic E-state index is 0.0773. The molecule has 2 atom stereocenters. The Kier molecular flexibility index (Phi) is 3.26. The van der Waals surface area contributed by atoms with Crippen molar-refractivity contribution in [2.24, 2.45) is 0 Å². The third-order valence-corrected chi connectivity index (χ3v) is 6.70. The number of nitrogens with zero attached hydrogens (tertiary/aromatic N) is 1. The molecule has 2 aliphatic heterocycles. The van der Waals surface area contributed by atoms with Gasteiger partial charge in [0.2, 0.25) is 0 Å². The van der Waals surface area contributed by atoms with E-state index in [4.69, 9.17) is 0 Å². The van der Waals surface area contributed by atoms with Crippen molar-refractivity contribution in [3.63, 3.8) is 0 Å². The van der Waals surface area contributed by atoms with E-state index in [1.54, 1.807) is 16.2 Å². The van der Waals surface area contributed by atoms with E-state index >= 15 is 0 Å². The second kappa shape index (κ2) is 4.71. The average Bonchev–Trinajstić information content (AvgIpc) is 2.93. The quantitative estimate of drug-likeness (QED) is 0.578. The van der Waals surface area contributed by atoms with Crippen LogP contribution in [0.4, 0.5) is 0 Å². The zero-order chi connectivity index (χ0) is 14.5. The van der Waals surface area contributed by atoms with E-state index in [1.807, 2.05) is 12.3 Å². The van der Waals surface area contributed by atoms with Gasteiger partial charge in [0.05, 0.1) is 0 Å². The molecule has 0 bridgehead atoms. The number of hydrogen-bond donors (Lipinski definition) is 1. The van der Waals surface area contributed by atoms with Gasteiger partial charge < -0.3 is 0 Å². The second-order valence-electron chi connectivity index (χ2n) is 5.15. The number of carbonyl (C=O) groups excluding carboxylic acids is 3. The van der Waals surface area contributed by atoms with Gasteiger partial charge >= 0.3 is 129 Å². The zero-order valence-electron chi connectivity index (χ0n) is 11.1. The van der Waals surface area contributed by atoms with Crippen LogP contribution >= 0.6 is 11.3 Å². The molecule has 1 aromatic heterocycles. The molecule has 3 rings (SSSR count). The van der Waals surface area contributed by atoms with Crippen LogP contribution < -0.4 is 8.98 Å². The fourth-order valence-electron chi connectivity index (χ4n) is 2.99. The Morgan fingerprint density at radius 3 is 2.80 bits per heavy atom. The van der Waals surface area contributed by atoms with E-state index in [9.17, 15) is 14.4 Å². The van der Waals surface area contributed by atoms with Gasteiger partial charge in [-0.1, -0.05) is 0 Å². The Balaban J connectivity index is 1.98. The summed E-state index contributed by atoms with van der Waals surface area (Å²) in [7, 11) is 0. The molecule has 1 aromatic rings. The first kappa shape index (κ1) is 13.8. The molecule has 5 nitrogen and oxygen atoms in total. The number of hydrogen-bond acceptors (Lipinski definition) is 4. The van der Waals surface area contributed by atoms with E-state index in [2.05, 4.69) is 5.32 Å². The fraction of sp³-hybridized carbons (Fsp3) is 0.462. The molecule has 1 saturated heterocycles. The summed E-state index contributed by atoms with van der Waals surface area (Å²) >= 11 is 3.10. The number of fused-ring (bicyclic) bond motifs is 1. The number of imide groups is 1. The van der Waals surface area contributed by atoms with E-state index in [0.717, 1.165) is 11.1 Å². The Hall–Kier alpha value is -1.13. The van der Waals surface area contributed by atoms with E-state index < -0.39 is 5.54 Å². The first-order valence-electron chi connectivity index (χ1n) is 6.51. The maximum absolute atomic E-state index is 12.6. The monoisotopic (exact) mass is 354 g/mol. The second-order valence-corrected chi connectivity index (χ2v) is 8.15. The van der Waals surface area contributed by atoms with Crippen molar-refractivity contribution in [3.05, 3.63) is 16.5 Å². The van der Waals surface area contributed by atoms with Crippen LogP contribution in [-0.2, 0) is 16.1 Å². The van der Waals surface area contributed by atoms with Crippen LogP contribution in [0.3, 0.4) is 0 Å². The average molecular weight is 354 g/mol. The topological polar surface area (TPSA) is 66.5 Å². The Labute approximate surface area is 129 Å². The van der Waals surface area contributed by atoms with Gasteiger partial charge in [-0.15, -0.1) is 0 Å². The fourth-order valence-corrected chi connectivity index (χ4v) is 4.74. The summed E-state index contributed by atoms with van der Waals surface area (Å²) < 4.78 is 1.18. The van der Waals surface area contributed by atoms with Gasteiger partial charge in [0.1, 0.15) is 0 Å². The first-order valence-corrected chi connectivity index (χ1v) is 8.61. The summed E-state index contributed by atoms with van der Waals surface area (Å²) in [4.78, 5) is 37.9. The molecule has 0 radical (unpaired) electrons. The summed E-state index contributed by atoms with van der Waals surface area (Å²) in [5, 5.41) is 4.27. The number of carbonyl (C=O) groups is 3. The van der Waals surface area contributed by atoms with Gasteiger partial charge in [-0.05, 0) is 0 Å². The van der Waals surface area contributed by atoms with Gasteiger partial charge in [-0.3, -0.25) is 0 Å². The van der Waals surface area contributed by atoms with Crippen LogP contribution in [0.2, 0.25) is 0 Å². The molecule has 7 heteroatoms. The summed E-state index contributed by atoms with van der Waals surface area (Å²) in [5.41, 5.74) is 0.908. The van der Waals surface area contributed by atoms with Gasteiger partial charge in [-0.25, -0.2) is 0 Å². The molecule has 0 aromatic carbocycles. The van der Waals surface area contributed by atoms with Crippen LogP contribution in [0.1, 0.15) is 42.1 Å². The number of thiophene rings is 1. The number of nitrogens with one attached hydrogen (secondary N) is 1. The molecule has 3 heterocycles. The number of amides is 3. The van der Waals surface area contributed by atoms with Crippen molar-refractivity contribution in [2.45, 2.75) is 38.3 Å². The van der Waals surface area contributed by atoms with Crippen molar-refractivity contribution in [1.82, 2.24) is 10.2 Å². The van der Waals surface area contributed by atoms with E-state index in [1.165, 1.54) is 20.5 Å². The molecule has 0 saturated carbocycles. The Morgan fingerprint density at radius 1 is 1.45 bits per heavy atom. The normalized spacial score (nSPS) is 25.9. The molecule has 1 N–H and O–H groups in total. The Morgan fingerprint density at radius 2 is 2.20 bits per heavy atom. The standard InChI is InChI=1S/C13H15AsN2O3S/c1-2-13(4-3-9(17)15-12(13)19)16-5-7-8(11(16)18)6-20-10(7)14/h6H,2-5,14H2,1H3,(H,15,17,19)/t13-/m1/s1. The molecule has 3 amide bonds. The van der Waals surface area contributed by atoms with Crippen LogP contribution in [0.5, 0.6) is 0 Å². The van der Waals surface area contributed by atoms with E-state index in [-0.39, 0.29) is 17.7 Å². The predicted octanol–water partition coefficient (Wildman–Crippen LogP) is -0.452. The Bertz CT molecular complexity index is 627. The number of piperidine rings is 1. The van der Waals surface area contributed by atoms with Gasteiger partial charge in [0, 0.05) is 0 Å². The first-order chi connectivity index (χ1) is 9.49. The summed E-state index contributed by atoms with van der Waals surface area (Å²) in [6, 6.07) is 0.